The number of likely N-dealkylation sites (tertiary alicyclic amines) is 1. The van der Waals surface area contributed by atoms with Crippen molar-refractivity contribution in [3.63, 3.8) is 0 Å². The van der Waals surface area contributed by atoms with Crippen LogP contribution in [-0.2, 0) is 7.05 Å². The maximum absolute atomic E-state index is 12.9. The summed E-state index contributed by atoms with van der Waals surface area (Å²) < 4.78 is 3.64. The number of hydrogen-bond donors (Lipinski definition) is 1. The fraction of sp³-hybridized carbons (Fsp3) is 0.333. The number of nitrogens with zero attached hydrogens (tertiary/aromatic N) is 4. The summed E-state index contributed by atoms with van der Waals surface area (Å²) in [6.07, 6.45) is 7.92. The molecule has 1 atom stereocenters. The Morgan fingerprint density at radius 1 is 1.11 bits per heavy atom. The Kier molecular flexibility index (Phi) is 5.07. The zero-order valence-corrected chi connectivity index (χ0v) is 15.6. The highest BCUT2D eigenvalue weighted by Crippen LogP contribution is 2.24. The van der Waals surface area contributed by atoms with Crippen LogP contribution >= 0.6 is 0 Å². The Bertz CT molecular complexity index is 879. The minimum Gasteiger partial charge on any atom is -0.350 e. The first-order chi connectivity index (χ1) is 13.2. The molecule has 1 unspecified atom stereocenters. The molecule has 1 aliphatic heterocycles. The van der Waals surface area contributed by atoms with Crippen LogP contribution in [0.1, 0.15) is 34.8 Å². The fourth-order valence-corrected chi connectivity index (χ4v) is 3.84. The van der Waals surface area contributed by atoms with E-state index in [-0.39, 0.29) is 11.9 Å². The molecule has 1 aliphatic rings. The first-order valence-electron chi connectivity index (χ1n) is 9.46. The zero-order chi connectivity index (χ0) is 18.6. The summed E-state index contributed by atoms with van der Waals surface area (Å²) >= 11 is 0. The first kappa shape index (κ1) is 17.5. The van der Waals surface area contributed by atoms with Crippen molar-refractivity contribution in [3.8, 4) is 5.82 Å². The van der Waals surface area contributed by atoms with Gasteiger partial charge in [-0.15, -0.1) is 0 Å². The Labute approximate surface area is 159 Å². The molecule has 0 aliphatic carbocycles. The predicted molar refractivity (Wildman–Crippen MR) is 105 cm³/mol. The molecule has 1 amide bonds. The van der Waals surface area contributed by atoms with Crippen LogP contribution in [0.5, 0.6) is 0 Å². The Morgan fingerprint density at radius 3 is 2.52 bits per heavy atom. The summed E-state index contributed by atoms with van der Waals surface area (Å²) in [4.78, 5) is 15.4. The van der Waals surface area contributed by atoms with Crippen LogP contribution in [0.4, 0.5) is 0 Å². The Morgan fingerprint density at radius 2 is 1.81 bits per heavy atom. The Hall–Kier alpha value is -2.86. The van der Waals surface area contributed by atoms with Gasteiger partial charge < -0.3 is 9.88 Å². The third-order valence-electron chi connectivity index (χ3n) is 5.22. The van der Waals surface area contributed by atoms with Crippen molar-refractivity contribution in [2.45, 2.75) is 18.9 Å². The van der Waals surface area contributed by atoms with Gasteiger partial charge in [-0.2, -0.15) is 5.10 Å². The van der Waals surface area contributed by atoms with Crippen LogP contribution in [0.15, 0.2) is 61.1 Å². The number of nitrogens with one attached hydrogen (secondary N) is 1. The van der Waals surface area contributed by atoms with E-state index in [1.54, 1.807) is 10.9 Å². The number of carbonyl (C=O) groups is 1. The highest BCUT2D eigenvalue weighted by atomic mass is 16.1. The molecule has 0 spiro atoms. The number of carbonyl (C=O) groups excluding carboxylic acids is 1. The van der Waals surface area contributed by atoms with Gasteiger partial charge in [0.2, 0.25) is 0 Å². The largest absolute Gasteiger partial charge is 0.350 e. The van der Waals surface area contributed by atoms with E-state index in [2.05, 4.69) is 39.6 Å². The van der Waals surface area contributed by atoms with Gasteiger partial charge in [0.15, 0.2) is 0 Å². The van der Waals surface area contributed by atoms with Crippen LogP contribution in [0, 0.1) is 0 Å². The summed E-state index contributed by atoms with van der Waals surface area (Å²) in [5, 5.41) is 7.42. The van der Waals surface area contributed by atoms with E-state index in [1.807, 2.05) is 42.2 Å². The van der Waals surface area contributed by atoms with Gasteiger partial charge in [-0.1, -0.05) is 30.3 Å². The average molecular weight is 363 g/mol. The topological polar surface area (TPSA) is 55.1 Å². The SMILES string of the molecule is Cn1ncc(C(=O)NCC(c2ccccc2)N2CCCC2)c1-n1cccc1. The van der Waals surface area contributed by atoms with E-state index in [9.17, 15) is 4.79 Å². The second-order valence-electron chi connectivity index (χ2n) is 6.98. The van der Waals surface area contributed by atoms with Crippen molar-refractivity contribution in [2.24, 2.45) is 7.05 Å². The van der Waals surface area contributed by atoms with Crippen molar-refractivity contribution >= 4 is 5.91 Å². The van der Waals surface area contributed by atoms with E-state index >= 15 is 0 Å². The smallest absolute Gasteiger partial charge is 0.256 e. The summed E-state index contributed by atoms with van der Waals surface area (Å²) in [7, 11) is 1.85. The number of amides is 1. The lowest BCUT2D eigenvalue weighted by molar-refractivity contribution is 0.0938. The lowest BCUT2D eigenvalue weighted by Crippen LogP contribution is -2.37. The van der Waals surface area contributed by atoms with Crippen molar-refractivity contribution in [2.75, 3.05) is 19.6 Å². The van der Waals surface area contributed by atoms with Crippen LogP contribution in [0.2, 0.25) is 0 Å². The molecule has 0 bridgehead atoms. The van der Waals surface area contributed by atoms with E-state index < -0.39 is 0 Å². The minimum absolute atomic E-state index is 0.0908. The van der Waals surface area contributed by atoms with Crippen LogP contribution in [0.3, 0.4) is 0 Å². The molecule has 0 saturated carbocycles. The van der Waals surface area contributed by atoms with E-state index in [1.165, 1.54) is 18.4 Å². The quantitative estimate of drug-likeness (QED) is 0.733. The summed E-state index contributed by atoms with van der Waals surface area (Å²) in [5.74, 6) is 0.682. The molecule has 1 aromatic carbocycles. The number of rotatable bonds is 6. The maximum Gasteiger partial charge on any atom is 0.256 e. The van der Waals surface area contributed by atoms with E-state index in [4.69, 9.17) is 0 Å². The Balaban J connectivity index is 1.52. The molecule has 0 radical (unpaired) electrons. The van der Waals surface area contributed by atoms with Gasteiger partial charge in [0.1, 0.15) is 11.4 Å². The molecule has 3 heterocycles. The van der Waals surface area contributed by atoms with Gasteiger partial charge in [-0.3, -0.25) is 14.4 Å². The second kappa shape index (κ2) is 7.80. The number of aryl methyl sites for hydroxylation is 1. The monoisotopic (exact) mass is 363 g/mol. The molecule has 2 aromatic heterocycles. The lowest BCUT2D eigenvalue weighted by atomic mass is 10.1. The summed E-state index contributed by atoms with van der Waals surface area (Å²) in [6, 6.07) is 14.5. The number of aromatic nitrogens is 3. The van der Waals surface area contributed by atoms with Crippen molar-refractivity contribution in [3.05, 3.63) is 72.2 Å². The number of benzene rings is 1. The molecule has 140 valence electrons. The standard InChI is InChI=1S/C21H25N5O/c1-24-21(26-13-7-8-14-26)18(15-23-24)20(27)22-16-19(25-11-5-6-12-25)17-9-3-2-4-10-17/h2-4,7-10,13-15,19H,5-6,11-12,16H2,1H3,(H,22,27). The molecule has 6 nitrogen and oxygen atoms in total. The van der Waals surface area contributed by atoms with Crippen LogP contribution < -0.4 is 5.32 Å². The van der Waals surface area contributed by atoms with Crippen LogP contribution in [0.25, 0.3) is 5.82 Å². The maximum atomic E-state index is 12.9. The van der Waals surface area contributed by atoms with Gasteiger partial charge >= 0.3 is 0 Å². The predicted octanol–water partition coefficient (Wildman–Crippen LogP) is 2.78. The average Bonchev–Trinajstić information content (AvgIpc) is 3.44. The molecule has 1 fully saturated rings. The molecule has 4 rings (SSSR count). The molecule has 27 heavy (non-hydrogen) atoms. The van der Waals surface area contributed by atoms with Gasteiger partial charge in [0, 0.05) is 26.0 Å². The minimum atomic E-state index is -0.0908. The third kappa shape index (κ3) is 3.66. The van der Waals surface area contributed by atoms with Crippen molar-refractivity contribution in [1.29, 1.82) is 0 Å². The van der Waals surface area contributed by atoms with Gasteiger partial charge in [0.25, 0.3) is 5.91 Å². The van der Waals surface area contributed by atoms with Crippen molar-refractivity contribution < 1.29 is 4.79 Å². The van der Waals surface area contributed by atoms with Gasteiger partial charge in [0.05, 0.1) is 12.2 Å². The normalized spacial score (nSPS) is 15.7. The summed E-state index contributed by atoms with van der Waals surface area (Å²) in [6.45, 7) is 2.75. The first-order valence-corrected chi connectivity index (χ1v) is 9.46. The molecule has 1 N–H and O–H groups in total. The van der Waals surface area contributed by atoms with Crippen molar-refractivity contribution in [1.82, 2.24) is 24.6 Å². The fourth-order valence-electron chi connectivity index (χ4n) is 3.84. The molecular weight excluding hydrogens is 338 g/mol. The van der Waals surface area contributed by atoms with E-state index in [0.29, 0.717) is 12.1 Å². The molecular formula is C21H25N5O. The van der Waals surface area contributed by atoms with E-state index in [0.717, 1.165) is 18.9 Å². The zero-order valence-electron chi connectivity index (χ0n) is 15.6. The molecule has 1 saturated heterocycles. The lowest BCUT2D eigenvalue weighted by Gasteiger charge is -2.28. The third-order valence-corrected chi connectivity index (χ3v) is 5.22. The summed E-state index contributed by atoms with van der Waals surface area (Å²) in [5.41, 5.74) is 1.83. The highest BCUT2D eigenvalue weighted by Gasteiger charge is 2.25. The van der Waals surface area contributed by atoms with Gasteiger partial charge in [-0.25, -0.2) is 0 Å². The highest BCUT2D eigenvalue weighted by molar-refractivity contribution is 5.97. The van der Waals surface area contributed by atoms with Gasteiger partial charge in [-0.05, 0) is 43.6 Å². The second-order valence-corrected chi connectivity index (χ2v) is 6.98. The number of hydrogen-bond acceptors (Lipinski definition) is 3. The molecule has 3 aromatic rings. The molecule has 6 heteroatoms. The van der Waals surface area contributed by atoms with Crippen LogP contribution in [-0.4, -0.2) is 44.8 Å².